The molecule has 1 aromatic carbocycles. The van der Waals surface area contributed by atoms with Gasteiger partial charge in [-0.15, -0.1) is 11.3 Å². The number of benzene rings is 1. The summed E-state index contributed by atoms with van der Waals surface area (Å²) in [5, 5.41) is 5.09. The molecule has 0 bridgehead atoms. The van der Waals surface area contributed by atoms with Gasteiger partial charge in [-0.05, 0) is 33.6 Å². The fourth-order valence-electron chi connectivity index (χ4n) is 3.01. The van der Waals surface area contributed by atoms with Crippen LogP contribution in [0.4, 0.5) is 0 Å². The first-order valence-corrected chi connectivity index (χ1v) is 10.1. The summed E-state index contributed by atoms with van der Waals surface area (Å²) in [4.78, 5) is 15.5. The fraction of sp³-hybridized carbons (Fsp3) is 0.476. The van der Waals surface area contributed by atoms with Crippen LogP contribution in [0.15, 0.2) is 35.7 Å². The minimum absolute atomic E-state index is 0.0146. The van der Waals surface area contributed by atoms with E-state index in [0.29, 0.717) is 6.54 Å². The molecule has 1 aliphatic heterocycles. The number of thiophene rings is 1. The molecule has 0 aliphatic carbocycles. The molecule has 0 saturated carbocycles. The lowest BCUT2D eigenvalue weighted by atomic mass is 9.86. The number of amides is 1. The zero-order valence-electron chi connectivity index (χ0n) is 15.9. The van der Waals surface area contributed by atoms with Crippen LogP contribution in [0.3, 0.4) is 0 Å². The van der Waals surface area contributed by atoms with E-state index in [0.717, 1.165) is 48.9 Å². The number of carbonyl (C=O) groups is 1. The van der Waals surface area contributed by atoms with Crippen LogP contribution in [-0.4, -0.2) is 50.2 Å². The zero-order valence-corrected chi connectivity index (χ0v) is 16.7. The van der Waals surface area contributed by atoms with Gasteiger partial charge >= 0.3 is 0 Å². The number of morpholine rings is 1. The van der Waals surface area contributed by atoms with E-state index in [4.69, 9.17) is 4.74 Å². The number of nitrogens with zero attached hydrogens (tertiary/aromatic N) is 1. The van der Waals surface area contributed by atoms with Crippen LogP contribution in [0.1, 0.15) is 36.0 Å². The third-order valence-electron chi connectivity index (χ3n) is 4.72. The highest BCUT2D eigenvalue weighted by atomic mass is 32.1. The van der Waals surface area contributed by atoms with Gasteiger partial charge in [-0.1, -0.05) is 45.0 Å². The highest BCUT2D eigenvalue weighted by Gasteiger charge is 2.15. The Morgan fingerprint density at radius 1 is 1.15 bits per heavy atom. The molecule has 1 N–H and O–H groups in total. The van der Waals surface area contributed by atoms with Crippen molar-refractivity contribution >= 4 is 17.2 Å². The fourth-order valence-corrected chi connectivity index (χ4v) is 3.84. The number of rotatable bonds is 5. The normalized spacial score (nSPS) is 15.8. The molecule has 2 aromatic rings. The molecule has 0 radical (unpaired) electrons. The van der Waals surface area contributed by atoms with Gasteiger partial charge in [0, 0.05) is 26.2 Å². The van der Waals surface area contributed by atoms with Gasteiger partial charge in [0.25, 0.3) is 5.91 Å². The van der Waals surface area contributed by atoms with Crippen LogP contribution in [0.2, 0.25) is 0 Å². The molecule has 5 heteroatoms. The second-order valence-electron chi connectivity index (χ2n) is 7.74. The van der Waals surface area contributed by atoms with E-state index in [1.807, 2.05) is 6.07 Å². The molecule has 1 fully saturated rings. The van der Waals surface area contributed by atoms with Gasteiger partial charge in [-0.25, -0.2) is 0 Å². The van der Waals surface area contributed by atoms with Crippen molar-refractivity contribution in [3.05, 3.63) is 46.2 Å². The van der Waals surface area contributed by atoms with E-state index in [1.54, 1.807) is 0 Å². The molecule has 0 unspecified atom stereocenters. The average Bonchev–Trinajstić information content (AvgIpc) is 3.12. The number of hydrogen-bond acceptors (Lipinski definition) is 4. The Morgan fingerprint density at radius 2 is 1.85 bits per heavy atom. The molecule has 26 heavy (non-hydrogen) atoms. The summed E-state index contributed by atoms with van der Waals surface area (Å²) in [7, 11) is 0. The Hall–Kier alpha value is -1.69. The van der Waals surface area contributed by atoms with Crippen LogP contribution in [0.25, 0.3) is 11.1 Å². The van der Waals surface area contributed by atoms with Crippen LogP contribution >= 0.6 is 11.3 Å². The molecule has 4 nitrogen and oxygen atoms in total. The number of ether oxygens (including phenoxy) is 1. The maximum atomic E-state index is 12.4. The van der Waals surface area contributed by atoms with Crippen molar-refractivity contribution in [2.24, 2.45) is 0 Å². The summed E-state index contributed by atoms with van der Waals surface area (Å²) >= 11 is 1.50. The first-order chi connectivity index (χ1) is 12.4. The highest BCUT2D eigenvalue weighted by molar-refractivity contribution is 7.12. The van der Waals surface area contributed by atoms with Gasteiger partial charge in [-0.3, -0.25) is 9.69 Å². The first kappa shape index (κ1) is 19.1. The molecule has 0 spiro atoms. The highest BCUT2D eigenvalue weighted by Crippen LogP contribution is 2.29. The third-order valence-corrected chi connectivity index (χ3v) is 5.65. The lowest BCUT2D eigenvalue weighted by Crippen LogP contribution is -2.41. The largest absolute Gasteiger partial charge is 0.379 e. The van der Waals surface area contributed by atoms with E-state index in [9.17, 15) is 4.79 Å². The van der Waals surface area contributed by atoms with Crippen LogP contribution in [-0.2, 0) is 10.2 Å². The van der Waals surface area contributed by atoms with E-state index in [2.05, 4.69) is 60.6 Å². The first-order valence-electron chi connectivity index (χ1n) is 9.21. The van der Waals surface area contributed by atoms with Crippen LogP contribution in [0, 0.1) is 0 Å². The Labute approximate surface area is 160 Å². The number of nitrogens with one attached hydrogen (secondary N) is 1. The maximum Gasteiger partial charge on any atom is 0.261 e. The predicted molar refractivity (Wildman–Crippen MR) is 108 cm³/mol. The minimum Gasteiger partial charge on any atom is -0.379 e. The Morgan fingerprint density at radius 3 is 2.50 bits per heavy atom. The Kier molecular flexibility index (Phi) is 6.12. The minimum atomic E-state index is 0.0146. The lowest BCUT2D eigenvalue weighted by Gasteiger charge is -2.26. The second-order valence-corrected chi connectivity index (χ2v) is 8.65. The van der Waals surface area contributed by atoms with Crippen LogP contribution in [0.5, 0.6) is 0 Å². The lowest BCUT2D eigenvalue weighted by molar-refractivity contribution is 0.0383. The molecule has 3 rings (SSSR count). The molecule has 1 aliphatic rings. The monoisotopic (exact) mass is 372 g/mol. The van der Waals surface area contributed by atoms with Crippen LogP contribution < -0.4 is 5.32 Å². The molecule has 0 atom stereocenters. The molecule has 2 heterocycles. The summed E-state index contributed by atoms with van der Waals surface area (Å²) in [6, 6.07) is 10.6. The SMILES string of the molecule is CC(C)(C)c1ccc(-c2csc(C(=O)NCCN3CCOCC3)c2)cc1. The Balaban J connectivity index is 1.55. The smallest absolute Gasteiger partial charge is 0.261 e. The third kappa shape index (κ3) is 4.93. The molecule has 140 valence electrons. The van der Waals surface area contributed by atoms with Crippen molar-refractivity contribution in [3.8, 4) is 11.1 Å². The van der Waals surface area contributed by atoms with Gasteiger partial charge in [0.05, 0.1) is 18.1 Å². The maximum absolute atomic E-state index is 12.4. The molecule has 1 amide bonds. The molecular weight excluding hydrogens is 344 g/mol. The van der Waals surface area contributed by atoms with E-state index in [-0.39, 0.29) is 11.3 Å². The topological polar surface area (TPSA) is 41.6 Å². The number of hydrogen-bond donors (Lipinski definition) is 1. The van der Waals surface area contributed by atoms with Crippen molar-refractivity contribution in [1.82, 2.24) is 10.2 Å². The quantitative estimate of drug-likeness (QED) is 0.869. The number of carbonyl (C=O) groups excluding carboxylic acids is 1. The van der Waals surface area contributed by atoms with Crippen molar-refractivity contribution < 1.29 is 9.53 Å². The molecule has 1 saturated heterocycles. The van der Waals surface area contributed by atoms with Crippen molar-refractivity contribution in [2.45, 2.75) is 26.2 Å². The van der Waals surface area contributed by atoms with Gasteiger partial charge < -0.3 is 10.1 Å². The summed E-state index contributed by atoms with van der Waals surface area (Å²) in [6.45, 7) is 11.7. The van der Waals surface area contributed by atoms with Crippen molar-refractivity contribution in [1.29, 1.82) is 0 Å². The van der Waals surface area contributed by atoms with Crippen molar-refractivity contribution in [3.63, 3.8) is 0 Å². The van der Waals surface area contributed by atoms with E-state index < -0.39 is 0 Å². The van der Waals surface area contributed by atoms with Gasteiger partial charge in [0.1, 0.15) is 0 Å². The van der Waals surface area contributed by atoms with Gasteiger partial charge in [0.2, 0.25) is 0 Å². The summed E-state index contributed by atoms with van der Waals surface area (Å²) < 4.78 is 5.34. The van der Waals surface area contributed by atoms with Gasteiger partial charge in [-0.2, -0.15) is 0 Å². The molecular formula is C21H28N2O2S. The Bertz CT molecular complexity index is 725. The summed E-state index contributed by atoms with van der Waals surface area (Å²) in [5.41, 5.74) is 3.73. The second kappa shape index (κ2) is 8.33. The average molecular weight is 373 g/mol. The van der Waals surface area contributed by atoms with E-state index >= 15 is 0 Å². The zero-order chi connectivity index (χ0) is 18.6. The summed E-state index contributed by atoms with van der Waals surface area (Å²) in [5.74, 6) is 0.0146. The molecule has 1 aromatic heterocycles. The van der Waals surface area contributed by atoms with Gasteiger partial charge in [0.15, 0.2) is 0 Å². The van der Waals surface area contributed by atoms with Crippen molar-refractivity contribution in [2.75, 3.05) is 39.4 Å². The van der Waals surface area contributed by atoms with E-state index in [1.165, 1.54) is 16.9 Å². The predicted octanol–water partition coefficient (Wildman–Crippen LogP) is 3.77. The standard InChI is InChI=1S/C21H28N2O2S/c1-21(2,3)18-6-4-16(5-7-18)17-14-19(26-15-17)20(24)22-8-9-23-10-12-25-13-11-23/h4-7,14-15H,8-13H2,1-3H3,(H,22,24). The summed E-state index contributed by atoms with van der Waals surface area (Å²) in [6.07, 6.45) is 0.